The van der Waals surface area contributed by atoms with E-state index in [1.54, 1.807) is 20.8 Å². The van der Waals surface area contributed by atoms with Gasteiger partial charge in [-0.1, -0.05) is 0 Å². The van der Waals surface area contributed by atoms with Crippen LogP contribution in [0, 0.1) is 0 Å². The summed E-state index contributed by atoms with van der Waals surface area (Å²) < 4.78 is 23.3. The lowest BCUT2D eigenvalue weighted by Crippen LogP contribution is -2.40. The molecule has 0 saturated carbocycles. The van der Waals surface area contributed by atoms with E-state index in [-0.39, 0.29) is 12.4 Å². The third-order valence-corrected chi connectivity index (χ3v) is 5.50. The van der Waals surface area contributed by atoms with Gasteiger partial charge in [0.25, 0.3) is 0 Å². The second-order valence-corrected chi connectivity index (χ2v) is 8.50. The minimum atomic E-state index is -3.06. The molecule has 0 spiro atoms. The Hall–Kier alpha value is -0.130. The first-order chi connectivity index (χ1) is 7.62. The van der Waals surface area contributed by atoms with Crippen LogP contribution in [-0.4, -0.2) is 54.7 Å². The number of nitrogens with zero attached hydrogens (tertiary/aromatic N) is 1. The molecule has 17 heavy (non-hydrogen) atoms. The zero-order valence-electron chi connectivity index (χ0n) is 11.7. The maximum atomic E-state index is 12.0. The van der Waals surface area contributed by atoms with E-state index in [1.807, 2.05) is 13.8 Å². The molecule has 0 aromatic carbocycles. The summed E-state index contributed by atoms with van der Waals surface area (Å²) in [5, 5.41) is 8.81. The zero-order chi connectivity index (χ0) is 13.7. The van der Waals surface area contributed by atoms with Crippen molar-refractivity contribution >= 4 is 9.84 Å². The molecule has 4 nitrogen and oxygen atoms in total. The molecule has 5 heteroatoms. The molecule has 0 aliphatic heterocycles. The topological polar surface area (TPSA) is 57.6 Å². The Morgan fingerprint density at radius 3 is 2.06 bits per heavy atom. The molecule has 0 amide bonds. The van der Waals surface area contributed by atoms with Crippen molar-refractivity contribution in [2.24, 2.45) is 0 Å². The monoisotopic (exact) mass is 265 g/mol. The zero-order valence-corrected chi connectivity index (χ0v) is 12.5. The molecular weight excluding hydrogens is 238 g/mol. The molecule has 0 saturated heterocycles. The number of hydrogen-bond donors (Lipinski definition) is 1. The van der Waals surface area contributed by atoms with Gasteiger partial charge in [0, 0.05) is 25.7 Å². The predicted molar refractivity (Wildman–Crippen MR) is 72.0 cm³/mol. The summed E-state index contributed by atoms with van der Waals surface area (Å²) in [4.78, 5) is 2.10. The van der Waals surface area contributed by atoms with E-state index in [0.29, 0.717) is 19.0 Å². The summed E-state index contributed by atoms with van der Waals surface area (Å²) >= 11 is 0. The Balaban J connectivity index is 4.41. The normalized spacial score (nSPS) is 13.6. The Labute approximate surface area is 106 Å². The molecule has 104 valence electrons. The first-order valence-electron chi connectivity index (χ1n) is 6.19. The molecule has 1 N–H and O–H groups in total. The Kier molecular flexibility index (Phi) is 6.66. The SMILES string of the molecule is CC(C)N(CCCO)CCS(=O)(=O)C(C)(C)C. The van der Waals surface area contributed by atoms with Crippen molar-refractivity contribution in [3.05, 3.63) is 0 Å². The molecule has 0 bridgehead atoms. The lowest BCUT2D eigenvalue weighted by molar-refractivity contribution is 0.200. The standard InChI is InChI=1S/C12H27NO3S/c1-11(2)13(7-6-9-14)8-10-17(15,16)12(3,4)5/h11,14H,6-10H2,1-5H3. The third kappa shape index (κ3) is 5.84. The minimum absolute atomic E-state index is 0.148. The maximum absolute atomic E-state index is 12.0. The fraction of sp³-hybridized carbons (Fsp3) is 1.00. The van der Waals surface area contributed by atoms with E-state index in [0.717, 1.165) is 6.54 Å². The second kappa shape index (κ2) is 6.71. The van der Waals surface area contributed by atoms with Crippen LogP contribution in [0.5, 0.6) is 0 Å². The number of aliphatic hydroxyl groups is 1. The molecule has 0 fully saturated rings. The van der Waals surface area contributed by atoms with Gasteiger partial charge in [0.05, 0.1) is 10.5 Å². The Bertz CT molecular complexity index is 304. The smallest absolute Gasteiger partial charge is 0.156 e. The molecular formula is C12H27NO3S. The van der Waals surface area contributed by atoms with Gasteiger partial charge in [0.15, 0.2) is 9.84 Å². The maximum Gasteiger partial charge on any atom is 0.156 e. The minimum Gasteiger partial charge on any atom is -0.396 e. The highest BCUT2D eigenvalue weighted by Gasteiger charge is 2.29. The van der Waals surface area contributed by atoms with Crippen LogP contribution in [0.2, 0.25) is 0 Å². The highest BCUT2D eigenvalue weighted by Crippen LogP contribution is 2.16. The Morgan fingerprint density at radius 2 is 1.71 bits per heavy atom. The van der Waals surface area contributed by atoms with Crippen molar-refractivity contribution in [3.63, 3.8) is 0 Å². The van der Waals surface area contributed by atoms with Crippen molar-refractivity contribution in [3.8, 4) is 0 Å². The second-order valence-electron chi connectivity index (χ2n) is 5.64. The van der Waals surface area contributed by atoms with Gasteiger partial charge >= 0.3 is 0 Å². The van der Waals surface area contributed by atoms with Crippen LogP contribution in [-0.2, 0) is 9.84 Å². The number of aliphatic hydroxyl groups excluding tert-OH is 1. The quantitative estimate of drug-likeness (QED) is 0.753. The first-order valence-corrected chi connectivity index (χ1v) is 7.84. The molecule has 0 aliphatic carbocycles. The van der Waals surface area contributed by atoms with Gasteiger partial charge in [-0.05, 0) is 41.0 Å². The van der Waals surface area contributed by atoms with Gasteiger partial charge in [-0.15, -0.1) is 0 Å². The summed E-state index contributed by atoms with van der Waals surface area (Å²) in [6, 6.07) is 0.303. The molecule has 0 atom stereocenters. The van der Waals surface area contributed by atoms with Crippen LogP contribution in [0.4, 0.5) is 0 Å². The summed E-state index contributed by atoms with van der Waals surface area (Å²) in [5.74, 6) is 0.181. The van der Waals surface area contributed by atoms with Crippen LogP contribution in [0.1, 0.15) is 41.0 Å². The molecule has 0 unspecified atom stereocenters. The average Bonchev–Trinajstić information content (AvgIpc) is 2.15. The van der Waals surface area contributed by atoms with E-state index in [9.17, 15) is 8.42 Å². The van der Waals surface area contributed by atoms with Crippen LogP contribution in [0.15, 0.2) is 0 Å². The summed E-state index contributed by atoms with van der Waals surface area (Å²) in [6.45, 7) is 10.7. The average molecular weight is 265 g/mol. The third-order valence-electron chi connectivity index (χ3n) is 2.91. The van der Waals surface area contributed by atoms with Crippen molar-refractivity contribution in [1.82, 2.24) is 4.90 Å². The molecule has 0 aliphatic rings. The first kappa shape index (κ1) is 16.9. The lowest BCUT2D eigenvalue weighted by Gasteiger charge is -2.28. The van der Waals surface area contributed by atoms with E-state index in [2.05, 4.69) is 4.90 Å². The van der Waals surface area contributed by atoms with E-state index < -0.39 is 14.6 Å². The van der Waals surface area contributed by atoms with Crippen LogP contribution < -0.4 is 0 Å². The van der Waals surface area contributed by atoms with Gasteiger partial charge in [0.1, 0.15) is 0 Å². The van der Waals surface area contributed by atoms with Gasteiger partial charge < -0.3 is 5.11 Å². The Morgan fingerprint density at radius 1 is 1.18 bits per heavy atom. The van der Waals surface area contributed by atoms with Gasteiger partial charge in [-0.2, -0.15) is 0 Å². The van der Waals surface area contributed by atoms with Gasteiger partial charge in [-0.3, -0.25) is 4.90 Å². The highest BCUT2D eigenvalue weighted by atomic mass is 32.2. The van der Waals surface area contributed by atoms with Crippen molar-refractivity contribution in [2.45, 2.75) is 51.8 Å². The fourth-order valence-electron chi connectivity index (χ4n) is 1.45. The summed E-state index contributed by atoms with van der Waals surface area (Å²) in [7, 11) is -3.06. The number of hydrogen-bond acceptors (Lipinski definition) is 4. The molecule has 0 aromatic heterocycles. The number of rotatable bonds is 7. The number of sulfone groups is 1. The molecule has 0 heterocycles. The van der Waals surface area contributed by atoms with Crippen molar-refractivity contribution in [1.29, 1.82) is 0 Å². The fourth-order valence-corrected chi connectivity index (χ4v) is 2.53. The van der Waals surface area contributed by atoms with Crippen LogP contribution in [0.3, 0.4) is 0 Å². The van der Waals surface area contributed by atoms with Crippen LogP contribution >= 0.6 is 0 Å². The van der Waals surface area contributed by atoms with Gasteiger partial charge in [0.2, 0.25) is 0 Å². The highest BCUT2D eigenvalue weighted by molar-refractivity contribution is 7.92. The van der Waals surface area contributed by atoms with Crippen molar-refractivity contribution in [2.75, 3.05) is 25.4 Å². The van der Waals surface area contributed by atoms with E-state index >= 15 is 0 Å². The predicted octanol–water partition coefficient (Wildman–Crippen LogP) is 1.29. The van der Waals surface area contributed by atoms with E-state index in [1.165, 1.54) is 0 Å². The molecule has 0 aromatic rings. The van der Waals surface area contributed by atoms with Crippen molar-refractivity contribution < 1.29 is 13.5 Å². The lowest BCUT2D eigenvalue weighted by atomic mass is 10.3. The van der Waals surface area contributed by atoms with Gasteiger partial charge in [-0.25, -0.2) is 8.42 Å². The molecule has 0 radical (unpaired) electrons. The largest absolute Gasteiger partial charge is 0.396 e. The molecule has 0 rings (SSSR count). The summed E-state index contributed by atoms with van der Waals surface area (Å²) in [6.07, 6.45) is 0.688. The summed E-state index contributed by atoms with van der Waals surface area (Å²) in [5.41, 5.74) is 0. The van der Waals surface area contributed by atoms with E-state index in [4.69, 9.17) is 5.11 Å². The van der Waals surface area contributed by atoms with Crippen LogP contribution in [0.25, 0.3) is 0 Å².